The van der Waals surface area contributed by atoms with Crippen LogP contribution in [0.25, 0.3) is 10.8 Å². The summed E-state index contributed by atoms with van der Waals surface area (Å²) >= 11 is 3.20. The zero-order valence-corrected chi connectivity index (χ0v) is 27.0. The van der Waals surface area contributed by atoms with Crippen LogP contribution in [0.4, 0.5) is 22.7 Å². The van der Waals surface area contributed by atoms with Crippen molar-refractivity contribution in [3.8, 4) is 5.75 Å². The van der Waals surface area contributed by atoms with Crippen molar-refractivity contribution in [3.05, 3.63) is 108 Å². The molecule has 1 heterocycles. The minimum absolute atomic E-state index is 0.0444. The van der Waals surface area contributed by atoms with Gasteiger partial charge in [0.2, 0.25) is 11.8 Å². The first-order chi connectivity index (χ1) is 22.8. The molecule has 4 unspecified atom stereocenters. The molecule has 0 bridgehead atoms. The number of halogens is 1. The number of hydrogen-bond donors (Lipinski definition) is 1. The van der Waals surface area contributed by atoms with E-state index in [4.69, 9.17) is 0 Å². The standard InChI is InChI=1S/C34H25BrN4O9/c1-36(2)31-23(38(45)46)11-16(12-24(31)39(47)48)37-33(43)19-9-8-18-20(27(19)34(37)44)13-21-29(26(41)14-22(35)32(21)42)30(18)28-17-6-4-3-5-15(17)7-10-25(28)40/h3-8,10-12,14,19-20,27,30,40H,9,13H2,1-2H3. The lowest BCUT2D eigenvalue weighted by molar-refractivity contribution is -0.392. The molecule has 3 aromatic carbocycles. The van der Waals surface area contributed by atoms with E-state index in [-0.39, 0.29) is 45.6 Å². The monoisotopic (exact) mass is 712 g/mol. The highest BCUT2D eigenvalue weighted by molar-refractivity contribution is 9.12. The maximum absolute atomic E-state index is 14.4. The fourth-order valence-corrected chi connectivity index (χ4v) is 8.28. The van der Waals surface area contributed by atoms with Gasteiger partial charge in [-0.3, -0.25) is 39.4 Å². The molecule has 13 nitrogen and oxygen atoms in total. The van der Waals surface area contributed by atoms with Crippen molar-refractivity contribution >= 4 is 72.8 Å². The summed E-state index contributed by atoms with van der Waals surface area (Å²) in [5.74, 6) is -6.07. The van der Waals surface area contributed by atoms with Crippen molar-refractivity contribution in [2.45, 2.75) is 18.8 Å². The van der Waals surface area contributed by atoms with Gasteiger partial charge in [0.1, 0.15) is 5.75 Å². The lowest BCUT2D eigenvalue weighted by Crippen LogP contribution is -2.39. The molecule has 0 spiro atoms. The van der Waals surface area contributed by atoms with Crippen LogP contribution in [0.15, 0.2) is 81.9 Å². The maximum atomic E-state index is 14.4. The van der Waals surface area contributed by atoms with Gasteiger partial charge in [-0.1, -0.05) is 42.0 Å². The van der Waals surface area contributed by atoms with Crippen molar-refractivity contribution in [1.29, 1.82) is 0 Å². The third-order valence-corrected chi connectivity index (χ3v) is 10.3. The number of anilines is 2. The maximum Gasteiger partial charge on any atom is 0.301 e. The van der Waals surface area contributed by atoms with Crippen molar-refractivity contribution in [2.24, 2.45) is 17.8 Å². The minimum atomic E-state index is -1.05. The van der Waals surface area contributed by atoms with Crippen LogP contribution in [-0.2, 0) is 19.2 Å². The van der Waals surface area contributed by atoms with Crippen LogP contribution in [0.3, 0.4) is 0 Å². The number of phenolic OH excluding ortho intramolecular Hbond substituents is 1. The molecule has 242 valence electrons. The molecule has 1 aliphatic heterocycles. The number of fused-ring (bicyclic) bond motifs is 4. The number of rotatable bonds is 5. The lowest BCUT2D eigenvalue weighted by atomic mass is 9.59. The highest BCUT2D eigenvalue weighted by Gasteiger charge is 2.57. The number of nitro groups is 2. The van der Waals surface area contributed by atoms with Crippen LogP contribution >= 0.6 is 15.9 Å². The molecule has 2 amide bonds. The first-order valence-corrected chi connectivity index (χ1v) is 15.7. The number of phenols is 1. The van der Waals surface area contributed by atoms with Gasteiger partial charge in [-0.15, -0.1) is 0 Å². The van der Waals surface area contributed by atoms with Gasteiger partial charge in [0.05, 0.1) is 31.9 Å². The van der Waals surface area contributed by atoms with Gasteiger partial charge in [-0.05, 0) is 51.5 Å². The van der Waals surface area contributed by atoms with E-state index in [9.17, 15) is 44.5 Å². The Morgan fingerprint density at radius 2 is 1.60 bits per heavy atom. The van der Waals surface area contributed by atoms with Gasteiger partial charge in [0, 0.05) is 54.9 Å². The minimum Gasteiger partial charge on any atom is -0.508 e. The third kappa shape index (κ3) is 4.43. The van der Waals surface area contributed by atoms with E-state index in [1.165, 1.54) is 31.1 Å². The predicted molar refractivity (Wildman–Crippen MR) is 177 cm³/mol. The van der Waals surface area contributed by atoms with E-state index >= 15 is 0 Å². The van der Waals surface area contributed by atoms with E-state index in [0.29, 0.717) is 16.5 Å². The average Bonchev–Trinajstić information content (AvgIpc) is 3.31. The first-order valence-electron chi connectivity index (χ1n) is 14.9. The van der Waals surface area contributed by atoms with Crippen molar-refractivity contribution in [3.63, 3.8) is 0 Å². The van der Waals surface area contributed by atoms with Crippen LogP contribution in [-0.4, -0.2) is 52.4 Å². The van der Waals surface area contributed by atoms with Crippen LogP contribution in [0.5, 0.6) is 5.75 Å². The number of benzene rings is 3. The number of hydrogen-bond acceptors (Lipinski definition) is 10. The van der Waals surface area contributed by atoms with Crippen LogP contribution in [0, 0.1) is 38.0 Å². The molecule has 1 N–H and O–H groups in total. The SMILES string of the molecule is CN(C)c1c([N+](=O)[O-])cc(N2C(=O)C3CC=C4C(c5c(O)ccc6ccccc56)C5=C(CC4C3C2=O)C(=O)C(Br)=CC5=O)cc1[N+](=O)[O-]. The second-order valence-corrected chi connectivity index (χ2v) is 13.2. The highest BCUT2D eigenvalue weighted by Crippen LogP contribution is 2.57. The third-order valence-electron chi connectivity index (χ3n) is 9.72. The van der Waals surface area contributed by atoms with E-state index < -0.39 is 68.3 Å². The smallest absolute Gasteiger partial charge is 0.301 e. The highest BCUT2D eigenvalue weighted by atomic mass is 79.9. The fraction of sp³-hybridized carbons (Fsp3) is 0.235. The van der Waals surface area contributed by atoms with Gasteiger partial charge in [0.25, 0.3) is 0 Å². The van der Waals surface area contributed by atoms with Crippen LogP contribution in [0.1, 0.15) is 24.3 Å². The quantitative estimate of drug-likeness (QED) is 0.118. The topological polar surface area (TPSA) is 181 Å². The normalized spacial score (nSPS) is 23.4. The van der Waals surface area contributed by atoms with Crippen molar-refractivity contribution in [1.82, 2.24) is 0 Å². The summed E-state index contributed by atoms with van der Waals surface area (Å²) in [6.07, 6.45) is 2.99. The molecule has 3 aromatic rings. The summed E-state index contributed by atoms with van der Waals surface area (Å²) in [6.45, 7) is 0. The van der Waals surface area contributed by atoms with Gasteiger partial charge in [0.15, 0.2) is 17.3 Å². The number of aromatic hydroxyl groups is 1. The molecule has 1 saturated heterocycles. The van der Waals surface area contributed by atoms with Crippen molar-refractivity contribution < 1.29 is 34.1 Å². The summed E-state index contributed by atoms with van der Waals surface area (Å²) in [5.41, 5.74) is -0.569. The summed E-state index contributed by atoms with van der Waals surface area (Å²) in [4.78, 5) is 80.1. The molecule has 0 radical (unpaired) electrons. The first kappa shape index (κ1) is 31.1. The Balaban J connectivity index is 1.40. The largest absolute Gasteiger partial charge is 0.508 e. The number of carbonyl (C=O) groups excluding carboxylic acids is 4. The van der Waals surface area contributed by atoms with Crippen LogP contribution in [0.2, 0.25) is 0 Å². The number of nitro benzene ring substituents is 2. The molecule has 0 aromatic heterocycles. The lowest BCUT2D eigenvalue weighted by Gasteiger charge is -2.42. The molecule has 1 fully saturated rings. The zero-order valence-electron chi connectivity index (χ0n) is 25.4. The Labute approximate surface area is 280 Å². The van der Waals surface area contributed by atoms with Gasteiger partial charge < -0.3 is 10.0 Å². The van der Waals surface area contributed by atoms with E-state index in [2.05, 4.69) is 15.9 Å². The number of nitrogens with zero attached hydrogens (tertiary/aromatic N) is 4. The Morgan fingerprint density at radius 3 is 2.25 bits per heavy atom. The summed E-state index contributed by atoms with van der Waals surface area (Å²) in [6, 6.07) is 12.5. The Morgan fingerprint density at radius 1 is 0.938 bits per heavy atom. The van der Waals surface area contributed by atoms with Crippen LogP contribution < -0.4 is 9.80 Å². The van der Waals surface area contributed by atoms with Gasteiger partial charge in [-0.25, -0.2) is 4.90 Å². The van der Waals surface area contributed by atoms with E-state index in [1.807, 2.05) is 12.1 Å². The number of amides is 2. The number of Topliss-reactive ketones (excluding diaryl/α,β-unsaturated/α-hetero) is 1. The molecule has 3 aliphatic carbocycles. The number of allylic oxidation sites excluding steroid dienone is 6. The summed E-state index contributed by atoms with van der Waals surface area (Å²) in [7, 11) is 2.81. The molecule has 14 heteroatoms. The molecule has 4 aliphatic rings. The molecule has 4 atom stereocenters. The number of carbonyl (C=O) groups is 4. The van der Waals surface area contributed by atoms with E-state index in [1.54, 1.807) is 24.3 Å². The second kappa shape index (κ2) is 11.0. The molecule has 0 saturated carbocycles. The number of ketones is 2. The molecule has 48 heavy (non-hydrogen) atoms. The Hall–Kier alpha value is -5.50. The summed E-state index contributed by atoms with van der Waals surface area (Å²) in [5, 5.41) is 36.8. The van der Waals surface area contributed by atoms with Crippen molar-refractivity contribution in [2.75, 3.05) is 23.9 Å². The summed E-state index contributed by atoms with van der Waals surface area (Å²) < 4.78 is 0.0444. The Kier molecular flexibility index (Phi) is 7.16. The fourth-order valence-electron chi connectivity index (χ4n) is 7.84. The van der Waals surface area contributed by atoms with Gasteiger partial charge >= 0.3 is 11.4 Å². The number of imide groups is 1. The molecular weight excluding hydrogens is 688 g/mol. The average molecular weight is 713 g/mol. The van der Waals surface area contributed by atoms with E-state index in [0.717, 1.165) is 22.4 Å². The zero-order chi connectivity index (χ0) is 34.3. The second-order valence-electron chi connectivity index (χ2n) is 12.4. The predicted octanol–water partition coefficient (Wildman–Crippen LogP) is 5.39. The molecule has 7 rings (SSSR count). The molecular formula is C34H25BrN4O9. The van der Waals surface area contributed by atoms with Gasteiger partial charge in [-0.2, -0.15) is 0 Å². The Bertz CT molecular complexity index is 2130.